The van der Waals surface area contributed by atoms with Gasteiger partial charge in [0.15, 0.2) is 0 Å². The Labute approximate surface area is 149 Å². The number of benzene rings is 1. The molecular formula is C14H16F3N2O7P. The number of ether oxygens (including phenoxy) is 1. The van der Waals surface area contributed by atoms with E-state index >= 15 is 0 Å². The number of halogens is 3. The normalized spacial score (nSPS) is 12.7. The van der Waals surface area contributed by atoms with Crippen molar-refractivity contribution in [3.63, 3.8) is 0 Å². The molecule has 1 heterocycles. The molecule has 0 radical (unpaired) electrons. The molecule has 0 fully saturated rings. The summed E-state index contributed by atoms with van der Waals surface area (Å²) >= 11 is 0. The fourth-order valence-electron chi connectivity index (χ4n) is 2.51. The highest BCUT2D eigenvalue weighted by Gasteiger charge is 2.34. The van der Waals surface area contributed by atoms with Gasteiger partial charge in [0.25, 0.3) is 0 Å². The quantitative estimate of drug-likeness (QED) is 0.293. The lowest BCUT2D eigenvalue weighted by Gasteiger charge is -2.17. The molecule has 1 aromatic heterocycles. The van der Waals surface area contributed by atoms with Gasteiger partial charge in [-0.05, 0) is 24.1 Å². The van der Waals surface area contributed by atoms with E-state index in [0.29, 0.717) is 10.6 Å². The van der Waals surface area contributed by atoms with Gasteiger partial charge < -0.3 is 24.6 Å². The van der Waals surface area contributed by atoms with Crippen molar-refractivity contribution >= 4 is 18.6 Å². The van der Waals surface area contributed by atoms with Crippen molar-refractivity contribution < 1.29 is 37.4 Å². The summed E-state index contributed by atoms with van der Waals surface area (Å²) in [6.45, 7) is -0.556. The molecule has 4 N–H and O–H groups in total. The van der Waals surface area contributed by atoms with Crippen LogP contribution >= 0.6 is 7.60 Å². The van der Waals surface area contributed by atoms with E-state index in [-0.39, 0.29) is 42.8 Å². The second kappa shape index (κ2) is 7.95. The van der Waals surface area contributed by atoms with Crippen molar-refractivity contribution in [3.8, 4) is 0 Å². The number of alkyl halides is 3. The van der Waals surface area contributed by atoms with Gasteiger partial charge in [0, 0.05) is 0 Å². The maximum Gasteiger partial charge on any atom is 0.416 e. The molecule has 0 bridgehead atoms. The van der Waals surface area contributed by atoms with Crippen LogP contribution in [0.5, 0.6) is 0 Å². The Bertz CT molecular complexity index is 993. The smallest absolute Gasteiger partial charge is 0.394 e. The summed E-state index contributed by atoms with van der Waals surface area (Å²) in [4.78, 5) is 43.8. The molecule has 0 amide bonds. The molecule has 2 aromatic rings. The number of nitrogens with zero attached hydrogens (tertiary/aromatic N) is 1. The second-order valence-electron chi connectivity index (χ2n) is 5.60. The van der Waals surface area contributed by atoms with E-state index in [9.17, 15) is 27.3 Å². The molecule has 0 aliphatic carbocycles. The van der Waals surface area contributed by atoms with Gasteiger partial charge in [-0.1, -0.05) is 0 Å². The first-order valence-corrected chi connectivity index (χ1v) is 9.34. The maximum atomic E-state index is 13.3. The number of aliphatic hydroxyl groups is 1. The van der Waals surface area contributed by atoms with Gasteiger partial charge in [-0.3, -0.25) is 18.7 Å². The number of aliphatic hydroxyl groups excluding tert-OH is 1. The monoisotopic (exact) mass is 412 g/mol. The number of aromatic nitrogens is 2. The minimum Gasteiger partial charge on any atom is -0.394 e. The average molecular weight is 412 g/mol. The van der Waals surface area contributed by atoms with Crippen LogP contribution in [0, 0.1) is 0 Å². The summed E-state index contributed by atoms with van der Waals surface area (Å²) in [7, 11) is -4.79. The molecule has 0 saturated heterocycles. The van der Waals surface area contributed by atoms with Crippen LogP contribution in [0.15, 0.2) is 21.7 Å². The molecule has 2 rings (SSSR count). The van der Waals surface area contributed by atoms with Crippen LogP contribution in [0.25, 0.3) is 11.0 Å². The maximum absolute atomic E-state index is 13.3. The van der Waals surface area contributed by atoms with Crippen molar-refractivity contribution in [3.05, 3.63) is 44.0 Å². The molecule has 13 heteroatoms. The van der Waals surface area contributed by atoms with Crippen LogP contribution in [0.4, 0.5) is 13.2 Å². The third-order valence-electron chi connectivity index (χ3n) is 3.58. The van der Waals surface area contributed by atoms with Gasteiger partial charge in [-0.2, -0.15) is 13.2 Å². The molecule has 0 unspecified atom stereocenters. The molecule has 0 saturated carbocycles. The predicted octanol–water partition coefficient (Wildman–Crippen LogP) is 0.395. The summed E-state index contributed by atoms with van der Waals surface area (Å²) in [5, 5.41) is 8.64. The van der Waals surface area contributed by atoms with Crippen LogP contribution < -0.4 is 11.1 Å². The predicted molar refractivity (Wildman–Crippen MR) is 87.5 cm³/mol. The van der Waals surface area contributed by atoms with E-state index in [1.807, 2.05) is 4.98 Å². The summed E-state index contributed by atoms with van der Waals surface area (Å²) in [6, 6.07) is 1.54. The lowest BCUT2D eigenvalue weighted by atomic mass is 10.0. The molecule has 0 atom stereocenters. The third-order valence-corrected chi connectivity index (χ3v) is 4.23. The Morgan fingerprint density at radius 3 is 2.41 bits per heavy atom. The van der Waals surface area contributed by atoms with E-state index in [1.165, 1.54) is 0 Å². The SMILES string of the molecule is O=c1[nH]c2cc(C(F)(F)F)c(CCOCCO)cc2n(CP(=O)(O)O)c1=O. The fourth-order valence-corrected chi connectivity index (χ4v) is 3.16. The van der Waals surface area contributed by atoms with Crippen molar-refractivity contribution in [1.82, 2.24) is 9.55 Å². The van der Waals surface area contributed by atoms with Crippen LogP contribution in [0.1, 0.15) is 11.1 Å². The van der Waals surface area contributed by atoms with Crippen molar-refractivity contribution in [1.29, 1.82) is 0 Å². The summed E-state index contributed by atoms with van der Waals surface area (Å²) in [5.41, 5.74) is -4.62. The summed E-state index contributed by atoms with van der Waals surface area (Å²) < 4.78 is 56.7. The molecule has 27 heavy (non-hydrogen) atoms. The van der Waals surface area contributed by atoms with Crippen LogP contribution in [-0.2, 0) is 28.2 Å². The fraction of sp³-hybridized carbons (Fsp3) is 0.429. The molecule has 9 nitrogen and oxygen atoms in total. The van der Waals surface area contributed by atoms with Gasteiger partial charge >= 0.3 is 24.9 Å². The van der Waals surface area contributed by atoms with Crippen LogP contribution in [0.2, 0.25) is 0 Å². The first-order valence-electron chi connectivity index (χ1n) is 7.54. The van der Waals surface area contributed by atoms with E-state index in [2.05, 4.69) is 0 Å². The lowest BCUT2D eigenvalue weighted by molar-refractivity contribution is -0.138. The second-order valence-corrected chi connectivity index (χ2v) is 7.22. The standard InChI is InChI=1S/C14H16F3N2O7P/c15-14(16,17)9-6-10-11(5-8(9)1-3-26-4-2-20)19(7-27(23,24)25)13(22)12(21)18-10/h5-6,20H,1-4,7H2,(H,18,21)(H2,23,24,25). The first-order chi connectivity index (χ1) is 12.4. The summed E-state index contributed by atoms with van der Waals surface area (Å²) in [6.07, 6.45) is -6.17. The van der Waals surface area contributed by atoms with Crippen LogP contribution in [0.3, 0.4) is 0 Å². The Morgan fingerprint density at radius 2 is 1.85 bits per heavy atom. The van der Waals surface area contributed by atoms with Crippen molar-refractivity contribution in [2.75, 3.05) is 19.8 Å². The topological polar surface area (TPSA) is 142 Å². The number of aromatic amines is 1. The van der Waals surface area contributed by atoms with Gasteiger partial charge in [0.05, 0.1) is 36.4 Å². The zero-order chi connectivity index (χ0) is 20.4. The minimum absolute atomic E-state index is 0.0782. The third kappa shape index (κ3) is 5.27. The van der Waals surface area contributed by atoms with Crippen molar-refractivity contribution in [2.24, 2.45) is 0 Å². The minimum atomic E-state index is -4.79. The number of H-pyrrole nitrogens is 1. The first kappa shape index (κ1) is 21.3. The van der Waals surface area contributed by atoms with E-state index in [4.69, 9.17) is 19.6 Å². The van der Waals surface area contributed by atoms with Gasteiger partial charge in [-0.25, -0.2) is 0 Å². The molecule has 150 valence electrons. The van der Waals surface area contributed by atoms with E-state index < -0.39 is 36.7 Å². The Balaban J connectivity index is 2.70. The highest BCUT2D eigenvalue weighted by Crippen LogP contribution is 2.38. The zero-order valence-corrected chi connectivity index (χ0v) is 14.6. The molecule has 0 spiro atoms. The van der Waals surface area contributed by atoms with Crippen LogP contribution in [-0.4, -0.2) is 44.3 Å². The summed E-state index contributed by atoms with van der Waals surface area (Å²) in [5.74, 6) is 0. The van der Waals surface area contributed by atoms with Crippen molar-refractivity contribution in [2.45, 2.75) is 18.9 Å². The Morgan fingerprint density at radius 1 is 1.19 bits per heavy atom. The van der Waals surface area contributed by atoms with Gasteiger partial charge in [0.1, 0.15) is 6.29 Å². The molecule has 0 aliphatic heterocycles. The van der Waals surface area contributed by atoms with Gasteiger partial charge in [0.2, 0.25) is 0 Å². The molecular weight excluding hydrogens is 396 g/mol. The number of fused-ring (bicyclic) bond motifs is 1. The average Bonchev–Trinajstić information content (AvgIpc) is 2.53. The van der Waals surface area contributed by atoms with E-state index in [0.717, 1.165) is 6.07 Å². The number of nitrogens with one attached hydrogen (secondary N) is 1. The molecule has 1 aromatic carbocycles. The number of rotatable bonds is 7. The Kier molecular flexibility index (Phi) is 6.28. The largest absolute Gasteiger partial charge is 0.416 e. The Hall–Kier alpha value is -1.98. The zero-order valence-electron chi connectivity index (χ0n) is 13.7. The number of hydrogen-bond donors (Lipinski definition) is 4. The van der Waals surface area contributed by atoms with E-state index in [1.54, 1.807) is 0 Å². The highest BCUT2D eigenvalue weighted by atomic mass is 31.2. The molecule has 0 aliphatic rings. The van der Waals surface area contributed by atoms with Gasteiger partial charge in [-0.15, -0.1) is 0 Å². The number of hydrogen-bond acceptors (Lipinski definition) is 5. The highest BCUT2D eigenvalue weighted by molar-refractivity contribution is 7.50. The lowest BCUT2D eigenvalue weighted by Crippen LogP contribution is -2.36.